The van der Waals surface area contributed by atoms with E-state index in [9.17, 15) is 14.7 Å². The molecule has 0 aromatic heterocycles. The number of amides is 1. The van der Waals surface area contributed by atoms with Crippen molar-refractivity contribution in [3.8, 4) is 17.2 Å². The van der Waals surface area contributed by atoms with E-state index >= 15 is 0 Å². The van der Waals surface area contributed by atoms with Crippen molar-refractivity contribution in [2.75, 3.05) is 25.2 Å². The van der Waals surface area contributed by atoms with Crippen molar-refractivity contribution in [1.29, 1.82) is 0 Å². The molecular formula is C28H26ClNO6. The number of ether oxygens (including phenoxy) is 3. The number of Topliss-reactive ketones (excluding diaryl/α,β-unsaturated/α-hetero) is 1. The van der Waals surface area contributed by atoms with Gasteiger partial charge in [0.15, 0.2) is 0 Å². The molecule has 3 aromatic rings. The quantitative estimate of drug-likeness (QED) is 0.236. The number of benzene rings is 3. The average molecular weight is 508 g/mol. The molecule has 1 heterocycles. The zero-order chi connectivity index (χ0) is 25.8. The first-order valence-electron chi connectivity index (χ1n) is 11.5. The van der Waals surface area contributed by atoms with E-state index in [0.717, 1.165) is 0 Å². The summed E-state index contributed by atoms with van der Waals surface area (Å²) in [5.41, 5.74) is 1.20. The molecule has 1 aliphatic rings. The van der Waals surface area contributed by atoms with Crippen molar-refractivity contribution < 1.29 is 28.9 Å². The van der Waals surface area contributed by atoms with Gasteiger partial charge in [-0.05, 0) is 74.0 Å². The number of halogens is 1. The van der Waals surface area contributed by atoms with Crippen LogP contribution in [-0.2, 0) is 9.59 Å². The molecular weight excluding hydrogens is 482 g/mol. The summed E-state index contributed by atoms with van der Waals surface area (Å²) >= 11 is 6.18. The second-order valence-corrected chi connectivity index (χ2v) is 8.38. The third-order valence-corrected chi connectivity index (χ3v) is 6.01. The molecule has 1 aliphatic heterocycles. The Morgan fingerprint density at radius 3 is 2.31 bits per heavy atom. The minimum Gasteiger partial charge on any atom is -0.507 e. The predicted molar refractivity (Wildman–Crippen MR) is 138 cm³/mol. The summed E-state index contributed by atoms with van der Waals surface area (Å²) in [5, 5.41) is 11.8. The largest absolute Gasteiger partial charge is 0.507 e. The Morgan fingerprint density at radius 1 is 0.944 bits per heavy atom. The number of methoxy groups -OCH3 is 1. The summed E-state index contributed by atoms with van der Waals surface area (Å²) < 4.78 is 16.6. The molecule has 4 rings (SSSR count). The minimum atomic E-state index is -0.924. The Balaban J connectivity index is 1.94. The monoisotopic (exact) mass is 507 g/mol. The van der Waals surface area contributed by atoms with E-state index in [0.29, 0.717) is 46.7 Å². The minimum absolute atomic E-state index is 0.0805. The van der Waals surface area contributed by atoms with Crippen LogP contribution >= 0.6 is 11.6 Å². The number of carbonyl (C=O) groups excluding carboxylic acids is 2. The lowest BCUT2D eigenvalue weighted by Crippen LogP contribution is -2.29. The van der Waals surface area contributed by atoms with E-state index in [1.54, 1.807) is 60.7 Å². The van der Waals surface area contributed by atoms with Crippen molar-refractivity contribution >= 4 is 34.7 Å². The molecule has 1 saturated heterocycles. The Bertz CT molecular complexity index is 1320. The van der Waals surface area contributed by atoms with Crippen molar-refractivity contribution in [3.63, 3.8) is 0 Å². The number of aliphatic hydroxyl groups is 1. The van der Waals surface area contributed by atoms with Gasteiger partial charge in [0.1, 0.15) is 23.0 Å². The average Bonchev–Trinajstić information content (AvgIpc) is 3.15. The van der Waals surface area contributed by atoms with Crippen molar-refractivity contribution in [3.05, 3.63) is 88.5 Å². The highest BCUT2D eigenvalue weighted by atomic mass is 35.5. The highest BCUT2D eigenvalue weighted by molar-refractivity contribution is 6.51. The second kappa shape index (κ2) is 10.7. The number of rotatable bonds is 8. The zero-order valence-corrected chi connectivity index (χ0v) is 20.9. The first kappa shape index (κ1) is 25.1. The van der Waals surface area contributed by atoms with Crippen LogP contribution in [0.15, 0.2) is 72.3 Å². The number of ketones is 1. The lowest BCUT2D eigenvalue weighted by Gasteiger charge is -2.26. The van der Waals surface area contributed by atoms with Gasteiger partial charge in [0.2, 0.25) is 0 Å². The fourth-order valence-corrected chi connectivity index (χ4v) is 4.41. The molecule has 186 valence electrons. The van der Waals surface area contributed by atoms with Crippen LogP contribution in [0.1, 0.15) is 31.0 Å². The number of aliphatic hydroxyl groups excluding tert-OH is 1. The van der Waals surface area contributed by atoms with Gasteiger partial charge in [-0.3, -0.25) is 14.5 Å². The molecule has 1 N–H and O–H groups in total. The number of anilines is 1. The van der Waals surface area contributed by atoms with Crippen LogP contribution in [0.2, 0.25) is 5.02 Å². The summed E-state index contributed by atoms with van der Waals surface area (Å²) in [5.74, 6) is -0.452. The molecule has 0 bridgehead atoms. The number of nitrogens with zero attached hydrogens (tertiary/aromatic N) is 1. The highest BCUT2D eigenvalue weighted by Crippen LogP contribution is 2.44. The van der Waals surface area contributed by atoms with Crippen LogP contribution in [0.4, 0.5) is 5.69 Å². The summed E-state index contributed by atoms with van der Waals surface area (Å²) in [4.78, 5) is 28.2. The number of hydrogen-bond donors (Lipinski definition) is 1. The molecule has 1 fully saturated rings. The molecule has 1 amide bonds. The normalized spacial score (nSPS) is 16.8. The predicted octanol–water partition coefficient (Wildman–Crippen LogP) is 5.77. The maximum atomic E-state index is 13.4. The van der Waals surface area contributed by atoms with Gasteiger partial charge < -0.3 is 19.3 Å². The summed E-state index contributed by atoms with van der Waals surface area (Å²) in [6.07, 6.45) is 0. The van der Waals surface area contributed by atoms with E-state index in [1.807, 2.05) is 13.8 Å². The topological polar surface area (TPSA) is 85.3 Å². The van der Waals surface area contributed by atoms with Gasteiger partial charge in [-0.25, -0.2) is 0 Å². The fraction of sp³-hybridized carbons (Fsp3) is 0.214. The summed E-state index contributed by atoms with van der Waals surface area (Å²) in [7, 11) is 1.45. The molecule has 1 atom stereocenters. The van der Waals surface area contributed by atoms with E-state index < -0.39 is 17.7 Å². The Morgan fingerprint density at radius 2 is 1.64 bits per heavy atom. The molecule has 1 unspecified atom stereocenters. The van der Waals surface area contributed by atoms with Crippen LogP contribution in [0, 0.1) is 0 Å². The van der Waals surface area contributed by atoms with Gasteiger partial charge in [-0.1, -0.05) is 23.7 Å². The molecule has 8 heteroatoms. The van der Waals surface area contributed by atoms with Gasteiger partial charge in [-0.15, -0.1) is 0 Å². The maximum Gasteiger partial charge on any atom is 0.300 e. The maximum absolute atomic E-state index is 13.4. The molecule has 3 aromatic carbocycles. The van der Waals surface area contributed by atoms with E-state index in [2.05, 4.69) is 0 Å². The SMILES string of the molecule is CCOc1ccc(N2C(=O)C(=O)/C(=C(/O)c3cc(Cl)ccc3OC)C2c2cccc(OCC)c2)cc1. The van der Waals surface area contributed by atoms with Gasteiger partial charge in [0, 0.05) is 10.7 Å². The molecule has 0 aliphatic carbocycles. The van der Waals surface area contributed by atoms with Gasteiger partial charge >= 0.3 is 0 Å². The zero-order valence-electron chi connectivity index (χ0n) is 20.2. The molecule has 36 heavy (non-hydrogen) atoms. The van der Waals surface area contributed by atoms with Crippen LogP contribution in [0.25, 0.3) is 5.76 Å². The molecule has 0 radical (unpaired) electrons. The van der Waals surface area contributed by atoms with E-state index in [1.165, 1.54) is 18.1 Å². The highest BCUT2D eigenvalue weighted by Gasteiger charge is 2.47. The molecule has 7 nitrogen and oxygen atoms in total. The van der Waals surface area contributed by atoms with Crippen molar-refractivity contribution in [2.45, 2.75) is 19.9 Å². The van der Waals surface area contributed by atoms with Gasteiger partial charge in [-0.2, -0.15) is 0 Å². The second-order valence-electron chi connectivity index (χ2n) is 7.95. The van der Waals surface area contributed by atoms with Crippen LogP contribution in [0.3, 0.4) is 0 Å². The number of hydrogen-bond acceptors (Lipinski definition) is 6. The van der Waals surface area contributed by atoms with E-state index in [-0.39, 0.29) is 16.9 Å². The van der Waals surface area contributed by atoms with E-state index in [4.69, 9.17) is 25.8 Å². The van der Waals surface area contributed by atoms with Crippen LogP contribution in [0.5, 0.6) is 17.2 Å². The first-order chi connectivity index (χ1) is 17.4. The fourth-order valence-electron chi connectivity index (χ4n) is 4.24. The Kier molecular flexibility index (Phi) is 7.50. The van der Waals surface area contributed by atoms with Crippen molar-refractivity contribution in [2.24, 2.45) is 0 Å². The first-order valence-corrected chi connectivity index (χ1v) is 11.9. The molecule has 0 saturated carbocycles. The summed E-state index contributed by atoms with van der Waals surface area (Å²) in [6.45, 7) is 4.68. The van der Waals surface area contributed by atoms with Gasteiger partial charge in [0.05, 0.1) is 37.5 Å². The van der Waals surface area contributed by atoms with Crippen LogP contribution in [-0.4, -0.2) is 37.1 Å². The van der Waals surface area contributed by atoms with Crippen LogP contribution < -0.4 is 19.1 Å². The lowest BCUT2D eigenvalue weighted by atomic mass is 9.94. The molecule has 0 spiro atoms. The lowest BCUT2D eigenvalue weighted by molar-refractivity contribution is -0.132. The smallest absolute Gasteiger partial charge is 0.300 e. The summed E-state index contributed by atoms with van der Waals surface area (Å²) in [6, 6.07) is 17.7. The third-order valence-electron chi connectivity index (χ3n) is 5.77. The number of carbonyl (C=O) groups is 2. The Labute approximate surface area is 214 Å². The third kappa shape index (κ3) is 4.75. The van der Waals surface area contributed by atoms with Crippen molar-refractivity contribution in [1.82, 2.24) is 0 Å². The standard InChI is InChI=1S/C28H26ClNO6/c1-4-35-20-12-10-19(11-13-20)30-25(17-7-6-8-21(15-17)36-5-2)24(27(32)28(30)33)26(31)22-16-18(29)9-14-23(22)34-3/h6-16,25,31H,4-5H2,1-3H3/b26-24+. The Hall–Kier alpha value is -3.97. The van der Waals surface area contributed by atoms with Gasteiger partial charge in [0.25, 0.3) is 11.7 Å².